The minimum absolute atomic E-state index is 0.0305. The summed E-state index contributed by atoms with van der Waals surface area (Å²) in [6, 6.07) is 20.1. The predicted octanol–water partition coefficient (Wildman–Crippen LogP) is 4.76. The fraction of sp³-hybridized carbons (Fsp3) is 0.355. The van der Waals surface area contributed by atoms with Crippen molar-refractivity contribution in [1.29, 1.82) is 0 Å². The first-order chi connectivity index (χ1) is 19.0. The molecule has 7 nitrogen and oxygen atoms in total. The van der Waals surface area contributed by atoms with Crippen molar-refractivity contribution in [2.24, 2.45) is 0 Å². The van der Waals surface area contributed by atoms with E-state index in [-0.39, 0.29) is 37.7 Å². The molecule has 3 aromatic rings. The maximum Gasteiger partial charge on any atom is 0.243 e. The Bertz CT molecular complexity index is 1380. The van der Waals surface area contributed by atoms with Crippen LogP contribution in [0.1, 0.15) is 42.0 Å². The van der Waals surface area contributed by atoms with Crippen LogP contribution in [-0.4, -0.2) is 50.5 Å². The standard InChI is InChI=1S/C31H38FN3O4S/c1-5-33-31(37)29(21-25-10-7-6-8-11-25)34(22-26-13-15-27(32)16-14-26)30(36)12-9-17-35(40(4,38)39)28-19-23(2)18-24(3)20-28/h6-8,10-11,13-16,18-20,29H,5,9,12,17,21-22H2,1-4H3,(H,33,37)/t29-/m0/s1. The van der Waals surface area contributed by atoms with Gasteiger partial charge in [-0.3, -0.25) is 13.9 Å². The first-order valence-electron chi connectivity index (χ1n) is 13.4. The molecule has 0 aromatic heterocycles. The number of amides is 2. The Morgan fingerprint density at radius 1 is 0.925 bits per heavy atom. The van der Waals surface area contributed by atoms with E-state index >= 15 is 0 Å². The van der Waals surface area contributed by atoms with Gasteiger partial charge >= 0.3 is 0 Å². The average molecular weight is 568 g/mol. The minimum Gasteiger partial charge on any atom is -0.355 e. The molecule has 0 aliphatic heterocycles. The summed E-state index contributed by atoms with van der Waals surface area (Å²) in [4.78, 5) is 28.5. The van der Waals surface area contributed by atoms with E-state index in [0.717, 1.165) is 22.9 Å². The summed E-state index contributed by atoms with van der Waals surface area (Å²) in [5.41, 5.74) is 4.02. The van der Waals surface area contributed by atoms with Crippen LogP contribution in [0.4, 0.5) is 10.1 Å². The average Bonchev–Trinajstić information content (AvgIpc) is 2.89. The third-order valence-electron chi connectivity index (χ3n) is 6.53. The molecule has 1 atom stereocenters. The molecule has 0 unspecified atom stereocenters. The lowest BCUT2D eigenvalue weighted by Gasteiger charge is -2.32. The normalized spacial score (nSPS) is 12.0. The summed E-state index contributed by atoms with van der Waals surface area (Å²) in [6.45, 7) is 6.26. The summed E-state index contributed by atoms with van der Waals surface area (Å²) in [5.74, 6) is -0.960. The maximum atomic E-state index is 13.7. The molecule has 0 radical (unpaired) electrons. The van der Waals surface area contributed by atoms with E-state index in [4.69, 9.17) is 0 Å². The van der Waals surface area contributed by atoms with E-state index in [9.17, 15) is 22.4 Å². The number of nitrogens with zero attached hydrogens (tertiary/aromatic N) is 2. The van der Waals surface area contributed by atoms with Crippen molar-refractivity contribution < 1.29 is 22.4 Å². The van der Waals surface area contributed by atoms with E-state index in [1.165, 1.54) is 21.3 Å². The lowest BCUT2D eigenvalue weighted by molar-refractivity contribution is -0.141. The van der Waals surface area contributed by atoms with Gasteiger partial charge in [0.2, 0.25) is 21.8 Å². The molecule has 214 valence electrons. The summed E-state index contributed by atoms with van der Waals surface area (Å²) in [5, 5.41) is 2.84. The second-order valence-corrected chi connectivity index (χ2v) is 11.9. The summed E-state index contributed by atoms with van der Waals surface area (Å²) in [7, 11) is -3.59. The second kappa shape index (κ2) is 14.1. The van der Waals surface area contributed by atoms with Crippen LogP contribution in [0.5, 0.6) is 0 Å². The highest BCUT2D eigenvalue weighted by molar-refractivity contribution is 7.92. The quantitative estimate of drug-likeness (QED) is 0.323. The SMILES string of the molecule is CCNC(=O)[C@H](Cc1ccccc1)N(Cc1ccc(F)cc1)C(=O)CCCN(c1cc(C)cc(C)c1)S(C)(=O)=O. The lowest BCUT2D eigenvalue weighted by atomic mass is 10.0. The van der Waals surface area contributed by atoms with Crippen molar-refractivity contribution in [3.8, 4) is 0 Å². The monoisotopic (exact) mass is 567 g/mol. The molecule has 1 N–H and O–H groups in total. The molecule has 0 bridgehead atoms. The van der Waals surface area contributed by atoms with Crippen LogP contribution < -0.4 is 9.62 Å². The van der Waals surface area contributed by atoms with Crippen molar-refractivity contribution in [2.45, 2.75) is 52.6 Å². The van der Waals surface area contributed by atoms with Gasteiger partial charge in [-0.15, -0.1) is 0 Å². The molecule has 0 saturated carbocycles. The van der Waals surface area contributed by atoms with Gasteiger partial charge in [-0.1, -0.05) is 48.5 Å². The van der Waals surface area contributed by atoms with Crippen LogP contribution in [0, 0.1) is 19.7 Å². The first-order valence-corrected chi connectivity index (χ1v) is 15.2. The summed E-state index contributed by atoms with van der Waals surface area (Å²) < 4.78 is 40.2. The number of rotatable bonds is 13. The Hall–Kier alpha value is -3.72. The smallest absolute Gasteiger partial charge is 0.243 e. The van der Waals surface area contributed by atoms with Gasteiger partial charge < -0.3 is 10.2 Å². The molecule has 2 amide bonds. The highest BCUT2D eigenvalue weighted by atomic mass is 32.2. The van der Waals surface area contributed by atoms with Gasteiger partial charge in [0.05, 0.1) is 11.9 Å². The summed E-state index contributed by atoms with van der Waals surface area (Å²) >= 11 is 0. The van der Waals surface area contributed by atoms with Crippen LogP contribution in [0.2, 0.25) is 0 Å². The number of carbonyl (C=O) groups excluding carboxylic acids is 2. The van der Waals surface area contributed by atoms with Crippen molar-refractivity contribution in [2.75, 3.05) is 23.7 Å². The topological polar surface area (TPSA) is 86.8 Å². The van der Waals surface area contributed by atoms with Gasteiger partial charge in [0, 0.05) is 32.5 Å². The van der Waals surface area contributed by atoms with Crippen molar-refractivity contribution >= 4 is 27.5 Å². The van der Waals surface area contributed by atoms with Crippen LogP contribution in [0.25, 0.3) is 0 Å². The molecule has 0 saturated heterocycles. The van der Waals surface area contributed by atoms with Gasteiger partial charge in [0.15, 0.2) is 0 Å². The van der Waals surface area contributed by atoms with Gasteiger partial charge in [0.1, 0.15) is 11.9 Å². The Morgan fingerprint density at radius 3 is 2.12 bits per heavy atom. The molecule has 0 spiro atoms. The van der Waals surface area contributed by atoms with E-state index in [1.807, 2.05) is 69.3 Å². The van der Waals surface area contributed by atoms with E-state index < -0.39 is 21.9 Å². The van der Waals surface area contributed by atoms with Crippen LogP contribution in [-0.2, 0) is 32.6 Å². The van der Waals surface area contributed by atoms with Gasteiger partial charge in [-0.25, -0.2) is 12.8 Å². The number of sulfonamides is 1. The van der Waals surface area contributed by atoms with E-state index in [1.54, 1.807) is 12.1 Å². The second-order valence-electron chi connectivity index (χ2n) is 10.0. The number of hydrogen-bond donors (Lipinski definition) is 1. The summed E-state index contributed by atoms with van der Waals surface area (Å²) in [6.07, 6.45) is 1.74. The number of carbonyl (C=O) groups is 2. The molecule has 9 heteroatoms. The zero-order chi connectivity index (χ0) is 29.3. The third kappa shape index (κ3) is 8.91. The number of hydrogen-bond acceptors (Lipinski definition) is 4. The van der Waals surface area contributed by atoms with E-state index in [0.29, 0.717) is 24.2 Å². The van der Waals surface area contributed by atoms with Gasteiger partial charge in [-0.05, 0) is 73.7 Å². The van der Waals surface area contributed by atoms with Crippen LogP contribution in [0.3, 0.4) is 0 Å². The van der Waals surface area contributed by atoms with Crippen LogP contribution >= 0.6 is 0 Å². The molecule has 0 aliphatic rings. The zero-order valence-electron chi connectivity index (χ0n) is 23.6. The Balaban J connectivity index is 1.87. The molecular weight excluding hydrogens is 529 g/mol. The third-order valence-corrected chi connectivity index (χ3v) is 7.73. The molecule has 0 heterocycles. The lowest BCUT2D eigenvalue weighted by Crippen LogP contribution is -2.50. The van der Waals surface area contributed by atoms with Crippen molar-refractivity contribution in [3.05, 3.63) is 101 Å². The van der Waals surface area contributed by atoms with Crippen molar-refractivity contribution in [1.82, 2.24) is 10.2 Å². The minimum atomic E-state index is -3.59. The fourth-order valence-electron chi connectivity index (χ4n) is 4.73. The number of nitrogens with one attached hydrogen (secondary N) is 1. The first kappa shape index (κ1) is 30.8. The molecule has 0 fully saturated rings. The van der Waals surface area contributed by atoms with Gasteiger partial charge in [0.25, 0.3) is 0 Å². The molecule has 3 rings (SSSR count). The van der Waals surface area contributed by atoms with Crippen LogP contribution in [0.15, 0.2) is 72.8 Å². The molecule has 3 aromatic carbocycles. The van der Waals surface area contributed by atoms with E-state index in [2.05, 4.69) is 5.32 Å². The van der Waals surface area contributed by atoms with Crippen molar-refractivity contribution in [3.63, 3.8) is 0 Å². The Morgan fingerprint density at radius 2 is 1.55 bits per heavy atom. The Labute approximate surface area is 237 Å². The molecule has 40 heavy (non-hydrogen) atoms. The highest BCUT2D eigenvalue weighted by Gasteiger charge is 2.30. The maximum absolute atomic E-state index is 13.7. The highest BCUT2D eigenvalue weighted by Crippen LogP contribution is 2.23. The fourth-order valence-corrected chi connectivity index (χ4v) is 5.68. The number of anilines is 1. The Kier molecular flexibility index (Phi) is 10.8. The number of halogens is 1. The zero-order valence-corrected chi connectivity index (χ0v) is 24.4. The number of aryl methyl sites for hydroxylation is 2. The largest absolute Gasteiger partial charge is 0.355 e. The predicted molar refractivity (Wildman–Crippen MR) is 157 cm³/mol. The molecular formula is C31H38FN3O4S. The molecule has 0 aliphatic carbocycles. The number of likely N-dealkylation sites (N-methyl/N-ethyl adjacent to an activating group) is 1. The van der Waals surface area contributed by atoms with Gasteiger partial charge in [-0.2, -0.15) is 0 Å². The number of benzene rings is 3.